The number of nitrogens with two attached hydrogens (primary N) is 1. The van der Waals surface area contributed by atoms with Gasteiger partial charge in [0.15, 0.2) is 0 Å². The van der Waals surface area contributed by atoms with Gasteiger partial charge >= 0.3 is 6.18 Å². The van der Waals surface area contributed by atoms with E-state index in [1.165, 1.54) is 31.5 Å². The molecule has 1 aromatic carbocycles. The molecule has 218 valence electrons. The fraction of sp³-hybridized carbons (Fsp3) is 0.280. The van der Waals surface area contributed by atoms with Crippen LogP contribution >= 0.6 is 0 Å². The quantitative estimate of drug-likeness (QED) is 0.319. The molecule has 16 heteroatoms. The molecule has 12 nitrogen and oxygen atoms in total. The van der Waals surface area contributed by atoms with E-state index in [1.54, 1.807) is 17.0 Å². The summed E-state index contributed by atoms with van der Waals surface area (Å²) in [5.41, 5.74) is 0.645. The third-order valence-electron chi connectivity index (χ3n) is 6.34. The lowest BCUT2D eigenvalue weighted by atomic mass is 10.2. The van der Waals surface area contributed by atoms with Gasteiger partial charge < -0.3 is 20.4 Å². The standard InChI is InChI=1S/C25H28F3N9O3S/c1-3-21(38)37-13-11-36(12-14-37)19-8-6-18(7-9-19)33-24-32-16-20(25(26,27)28)22(34-24)31-15-17-5-4-10-30-23(17)35(2)41(29,39)40/h3-10,16H,1,11-15H2,2H3,(H2,29,39,40)(H2,31,32,33,34). The van der Waals surface area contributed by atoms with Crippen LogP contribution in [0.1, 0.15) is 11.1 Å². The number of hydrogen-bond acceptors (Lipinski definition) is 9. The second-order valence-corrected chi connectivity index (χ2v) is 10.6. The van der Waals surface area contributed by atoms with Gasteiger partial charge in [-0.1, -0.05) is 12.6 Å². The zero-order valence-corrected chi connectivity index (χ0v) is 22.8. The molecule has 4 rings (SSSR count). The van der Waals surface area contributed by atoms with Gasteiger partial charge in [-0.2, -0.15) is 26.6 Å². The number of amides is 1. The van der Waals surface area contributed by atoms with Gasteiger partial charge in [-0.3, -0.25) is 4.79 Å². The first-order chi connectivity index (χ1) is 19.4. The van der Waals surface area contributed by atoms with Crippen molar-refractivity contribution in [3.8, 4) is 0 Å². The van der Waals surface area contributed by atoms with Gasteiger partial charge in [0.25, 0.3) is 10.2 Å². The van der Waals surface area contributed by atoms with E-state index in [1.807, 2.05) is 12.1 Å². The van der Waals surface area contributed by atoms with E-state index < -0.39 is 27.8 Å². The number of hydrogen-bond donors (Lipinski definition) is 3. The highest BCUT2D eigenvalue weighted by atomic mass is 32.2. The Morgan fingerprint density at radius 1 is 1.15 bits per heavy atom. The molecule has 0 radical (unpaired) electrons. The molecule has 1 fully saturated rings. The number of rotatable bonds is 9. The highest BCUT2D eigenvalue weighted by molar-refractivity contribution is 7.90. The monoisotopic (exact) mass is 591 g/mol. The summed E-state index contributed by atoms with van der Waals surface area (Å²) >= 11 is 0. The number of halogens is 3. The number of benzene rings is 1. The maximum absolute atomic E-state index is 13.7. The molecule has 0 aliphatic carbocycles. The van der Waals surface area contributed by atoms with Crippen molar-refractivity contribution in [2.75, 3.05) is 53.1 Å². The Morgan fingerprint density at radius 2 is 1.83 bits per heavy atom. The van der Waals surface area contributed by atoms with Gasteiger partial charge in [-0.05, 0) is 36.4 Å². The summed E-state index contributed by atoms with van der Waals surface area (Å²) in [6.45, 7) is 5.71. The van der Waals surface area contributed by atoms with E-state index in [-0.39, 0.29) is 29.8 Å². The zero-order valence-electron chi connectivity index (χ0n) is 22.0. The highest BCUT2D eigenvalue weighted by Gasteiger charge is 2.35. The number of pyridine rings is 1. The SMILES string of the molecule is C=CC(=O)N1CCN(c2ccc(Nc3ncc(C(F)(F)F)c(NCc4cccnc4N(C)S(N)(=O)=O)n3)cc2)CC1. The summed E-state index contributed by atoms with van der Waals surface area (Å²) in [5, 5.41) is 10.7. The fourth-order valence-corrected chi connectivity index (χ4v) is 4.54. The Hall–Kier alpha value is -4.44. The summed E-state index contributed by atoms with van der Waals surface area (Å²) in [5.74, 6) is -0.743. The van der Waals surface area contributed by atoms with Crippen molar-refractivity contribution in [3.05, 3.63) is 72.6 Å². The minimum absolute atomic E-state index is 0.0442. The highest BCUT2D eigenvalue weighted by Crippen LogP contribution is 2.34. The van der Waals surface area contributed by atoms with Crippen molar-refractivity contribution in [1.82, 2.24) is 19.9 Å². The number of alkyl halides is 3. The molecule has 0 unspecified atom stereocenters. The van der Waals surface area contributed by atoms with Crippen LogP contribution in [0.3, 0.4) is 0 Å². The minimum Gasteiger partial charge on any atom is -0.368 e. The molecule has 41 heavy (non-hydrogen) atoms. The van der Waals surface area contributed by atoms with Crippen molar-refractivity contribution < 1.29 is 26.4 Å². The van der Waals surface area contributed by atoms with Crippen LogP contribution < -0.4 is 25.0 Å². The third-order valence-corrected chi connectivity index (χ3v) is 7.28. The Bertz CT molecular complexity index is 1510. The van der Waals surface area contributed by atoms with E-state index in [4.69, 9.17) is 5.14 Å². The van der Waals surface area contributed by atoms with Gasteiger partial charge in [0.2, 0.25) is 11.9 Å². The van der Waals surface area contributed by atoms with Crippen LogP contribution in [0.25, 0.3) is 0 Å². The number of carbonyl (C=O) groups excluding carboxylic acids is 1. The maximum atomic E-state index is 13.7. The lowest BCUT2D eigenvalue weighted by molar-refractivity contribution is -0.137. The first kappa shape index (κ1) is 29.5. The fourth-order valence-electron chi connectivity index (χ4n) is 4.13. The van der Waals surface area contributed by atoms with Crippen molar-refractivity contribution in [3.63, 3.8) is 0 Å². The predicted molar refractivity (Wildman–Crippen MR) is 149 cm³/mol. The van der Waals surface area contributed by atoms with Gasteiger partial charge in [0.1, 0.15) is 17.2 Å². The Labute approximate surface area is 234 Å². The second kappa shape index (κ2) is 12.0. The van der Waals surface area contributed by atoms with Crippen LogP contribution in [0.15, 0.2) is 61.4 Å². The molecular formula is C25H28F3N9O3S. The first-order valence-corrected chi connectivity index (χ1v) is 13.8. The van der Waals surface area contributed by atoms with Crippen LogP contribution in [0.2, 0.25) is 0 Å². The van der Waals surface area contributed by atoms with Crippen LogP contribution in [-0.2, 0) is 27.7 Å². The lowest BCUT2D eigenvalue weighted by Gasteiger charge is -2.35. The summed E-state index contributed by atoms with van der Waals surface area (Å²) in [6, 6.07) is 10.2. The average Bonchev–Trinajstić information content (AvgIpc) is 2.95. The molecule has 1 aliphatic heterocycles. The number of carbonyl (C=O) groups is 1. The van der Waals surface area contributed by atoms with Crippen molar-refractivity contribution in [1.29, 1.82) is 0 Å². The average molecular weight is 592 g/mol. The molecule has 0 atom stereocenters. The van der Waals surface area contributed by atoms with E-state index in [2.05, 4.69) is 37.1 Å². The Balaban J connectivity index is 1.49. The van der Waals surface area contributed by atoms with Gasteiger partial charge in [0, 0.05) is 69.1 Å². The summed E-state index contributed by atoms with van der Waals surface area (Å²) in [6.07, 6.45) is -1.46. The molecule has 3 aromatic rings. The molecule has 1 amide bonds. The Morgan fingerprint density at radius 3 is 2.44 bits per heavy atom. The molecular weight excluding hydrogens is 563 g/mol. The van der Waals surface area contributed by atoms with E-state index in [9.17, 15) is 26.4 Å². The summed E-state index contributed by atoms with van der Waals surface area (Å²) in [7, 11) is -2.96. The molecule has 2 aromatic heterocycles. The van der Waals surface area contributed by atoms with Crippen molar-refractivity contribution >= 4 is 45.1 Å². The zero-order chi connectivity index (χ0) is 29.8. The lowest BCUT2D eigenvalue weighted by Crippen LogP contribution is -2.48. The molecule has 1 saturated heterocycles. The smallest absolute Gasteiger partial charge is 0.368 e. The topological polar surface area (TPSA) is 150 Å². The van der Waals surface area contributed by atoms with Crippen LogP contribution in [0, 0.1) is 0 Å². The van der Waals surface area contributed by atoms with Crippen LogP contribution in [-0.4, -0.2) is 67.4 Å². The molecule has 0 saturated carbocycles. The van der Waals surface area contributed by atoms with Crippen molar-refractivity contribution in [2.45, 2.75) is 12.7 Å². The molecule has 1 aliphatic rings. The molecule has 0 spiro atoms. The second-order valence-electron chi connectivity index (χ2n) is 8.99. The van der Waals surface area contributed by atoms with Gasteiger partial charge in [0.05, 0.1) is 0 Å². The largest absolute Gasteiger partial charge is 0.421 e. The number of nitrogens with one attached hydrogen (secondary N) is 2. The third kappa shape index (κ3) is 7.20. The molecule has 0 bridgehead atoms. The summed E-state index contributed by atoms with van der Waals surface area (Å²) < 4.78 is 65.4. The van der Waals surface area contributed by atoms with Crippen molar-refractivity contribution in [2.24, 2.45) is 5.14 Å². The van der Waals surface area contributed by atoms with Gasteiger partial charge in [-0.15, -0.1) is 0 Å². The normalized spacial score (nSPS) is 14.0. The minimum atomic E-state index is -4.75. The predicted octanol–water partition coefficient (Wildman–Crippen LogP) is 2.72. The first-order valence-electron chi connectivity index (χ1n) is 12.3. The number of aromatic nitrogens is 3. The number of nitrogens with zero attached hydrogens (tertiary/aromatic N) is 6. The maximum Gasteiger partial charge on any atom is 0.421 e. The van der Waals surface area contributed by atoms with E-state index >= 15 is 0 Å². The van der Waals surface area contributed by atoms with Crippen LogP contribution in [0.5, 0.6) is 0 Å². The van der Waals surface area contributed by atoms with Crippen LogP contribution in [0.4, 0.5) is 42.1 Å². The van der Waals surface area contributed by atoms with Gasteiger partial charge in [-0.25, -0.2) is 19.4 Å². The van der Waals surface area contributed by atoms with E-state index in [0.717, 1.165) is 9.99 Å². The summed E-state index contributed by atoms with van der Waals surface area (Å²) in [4.78, 5) is 27.5. The number of anilines is 5. The number of piperazine rings is 1. The Kier molecular flexibility index (Phi) is 8.63. The van der Waals surface area contributed by atoms with E-state index in [0.29, 0.717) is 38.1 Å². The molecule has 3 heterocycles. The molecule has 4 N–H and O–H groups in total.